The first-order chi connectivity index (χ1) is 10.1. The van der Waals surface area contributed by atoms with Crippen molar-refractivity contribution in [1.29, 1.82) is 0 Å². The van der Waals surface area contributed by atoms with Crippen LogP contribution in [0, 0.1) is 18.6 Å². The monoisotopic (exact) mass is 294 g/mol. The number of halogens is 2. The van der Waals surface area contributed by atoms with E-state index in [2.05, 4.69) is 5.32 Å². The summed E-state index contributed by atoms with van der Waals surface area (Å²) in [7, 11) is 0. The van der Waals surface area contributed by atoms with Gasteiger partial charge in [0.2, 0.25) is 0 Å². The Morgan fingerprint density at radius 3 is 2.81 bits per heavy atom. The molecule has 3 nitrogen and oxygen atoms in total. The van der Waals surface area contributed by atoms with Crippen LogP contribution in [-0.2, 0) is 0 Å². The molecule has 2 fully saturated rings. The first-order valence-electron chi connectivity index (χ1n) is 7.58. The fourth-order valence-corrected chi connectivity index (χ4v) is 3.50. The quantitative estimate of drug-likeness (QED) is 0.909. The molecule has 2 aliphatic heterocycles. The van der Waals surface area contributed by atoms with E-state index in [0.717, 1.165) is 32.2 Å². The van der Waals surface area contributed by atoms with Gasteiger partial charge in [-0.15, -0.1) is 0 Å². The molecule has 3 rings (SSSR count). The van der Waals surface area contributed by atoms with Crippen LogP contribution in [0.1, 0.15) is 41.6 Å². The van der Waals surface area contributed by atoms with Gasteiger partial charge >= 0.3 is 0 Å². The van der Waals surface area contributed by atoms with Crippen molar-refractivity contribution in [1.82, 2.24) is 10.2 Å². The minimum absolute atomic E-state index is 0.0549. The molecule has 21 heavy (non-hydrogen) atoms. The van der Waals surface area contributed by atoms with E-state index in [-0.39, 0.29) is 12.1 Å². The van der Waals surface area contributed by atoms with E-state index < -0.39 is 23.1 Å². The number of rotatable bonds is 2. The number of hydrogen-bond donors (Lipinski definition) is 1. The molecule has 0 radical (unpaired) electrons. The van der Waals surface area contributed by atoms with Crippen molar-refractivity contribution in [2.75, 3.05) is 13.1 Å². The summed E-state index contributed by atoms with van der Waals surface area (Å²) in [5, 5.41) is 3.39. The van der Waals surface area contributed by atoms with Crippen LogP contribution in [0.4, 0.5) is 8.78 Å². The lowest BCUT2D eigenvalue weighted by Crippen LogP contribution is -2.47. The maximum atomic E-state index is 14.2. The first-order valence-corrected chi connectivity index (χ1v) is 7.58. The Hall–Kier alpha value is -1.49. The van der Waals surface area contributed by atoms with Gasteiger partial charge in [-0.3, -0.25) is 4.79 Å². The van der Waals surface area contributed by atoms with Crippen LogP contribution in [0.3, 0.4) is 0 Å². The molecule has 0 bridgehead atoms. The highest BCUT2D eigenvalue weighted by Gasteiger charge is 2.37. The van der Waals surface area contributed by atoms with E-state index >= 15 is 0 Å². The van der Waals surface area contributed by atoms with E-state index in [1.165, 1.54) is 12.1 Å². The summed E-state index contributed by atoms with van der Waals surface area (Å²) in [4.78, 5) is 14.3. The number of nitrogens with one attached hydrogen (secondary N) is 1. The third kappa shape index (κ3) is 2.55. The largest absolute Gasteiger partial charge is 0.334 e. The smallest absolute Gasteiger partial charge is 0.260 e. The number of benzene rings is 1. The average Bonchev–Trinajstić information content (AvgIpc) is 3.12. The highest BCUT2D eigenvalue weighted by Crippen LogP contribution is 2.28. The standard InChI is InChI=1S/C16H20F2N2O/c1-10-6-7-11(17)14(15(10)18)16(21)20-9-3-5-13(20)12-4-2-8-19-12/h6-7,12-13,19H,2-5,8-9H2,1H3. The fourth-order valence-electron chi connectivity index (χ4n) is 3.50. The highest BCUT2D eigenvalue weighted by molar-refractivity contribution is 5.95. The predicted molar refractivity (Wildman–Crippen MR) is 76.2 cm³/mol. The summed E-state index contributed by atoms with van der Waals surface area (Å²) >= 11 is 0. The first kappa shape index (κ1) is 14.4. The SMILES string of the molecule is Cc1ccc(F)c(C(=O)N2CCCC2C2CCCN2)c1F. The van der Waals surface area contributed by atoms with Gasteiger partial charge in [0, 0.05) is 18.6 Å². The Morgan fingerprint density at radius 1 is 1.29 bits per heavy atom. The van der Waals surface area contributed by atoms with Gasteiger partial charge in [-0.05, 0) is 50.8 Å². The molecule has 1 aromatic rings. The summed E-state index contributed by atoms with van der Waals surface area (Å²) in [5.74, 6) is -2.01. The van der Waals surface area contributed by atoms with Crippen molar-refractivity contribution in [3.8, 4) is 0 Å². The summed E-state index contributed by atoms with van der Waals surface area (Å²) in [6.45, 7) is 3.08. The molecular weight excluding hydrogens is 274 g/mol. The van der Waals surface area contributed by atoms with Crippen LogP contribution in [0.2, 0.25) is 0 Å². The molecule has 0 saturated carbocycles. The molecule has 114 valence electrons. The minimum Gasteiger partial charge on any atom is -0.334 e. The van der Waals surface area contributed by atoms with Crippen molar-refractivity contribution in [2.45, 2.75) is 44.7 Å². The topological polar surface area (TPSA) is 32.3 Å². The second kappa shape index (κ2) is 5.72. The van der Waals surface area contributed by atoms with E-state index in [4.69, 9.17) is 0 Å². The number of carbonyl (C=O) groups is 1. The number of nitrogens with zero attached hydrogens (tertiary/aromatic N) is 1. The van der Waals surface area contributed by atoms with Gasteiger partial charge in [-0.1, -0.05) is 6.07 Å². The second-order valence-electron chi connectivity index (χ2n) is 5.96. The summed E-state index contributed by atoms with van der Waals surface area (Å²) in [5.41, 5.74) is -0.102. The van der Waals surface area contributed by atoms with Crippen LogP contribution >= 0.6 is 0 Å². The molecule has 1 amide bonds. The number of aryl methyl sites for hydroxylation is 1. The van der Waals surface area contributed by atoms with Gasteiger partial charge in [0.1, 0.15) is 17.2 Å². The number of hydrogen-bond acceptors (Lipinski definition) is 2. The fraction of sp³-hybridized carbons (Fsp3) is 0.562. The molecule has 1 aromatic carbocycles. The van der Waals surface area contributed by atoms with Crippen LogP contribution in [0.15, 0.2) is 12.1 Å². The van der Waals surface area contributed by atoms with Gasteiger partial charge in [0.05, 0.1) is 0 Å². The molecule has 0 aliphatic carbocycles. The van der Waals surface area contributed by atoms with E-state index in [9.17, 15) is 13.6 Å². The van der Waals surface area contributed by atoms with Crippen LogP contribution < -0.4 is 5.32 Å². The van der Waals surface area contributed by atoms with E-state index in [1.54, 1.807) is 11.8 Å². The van der Waals surface area contributed by atoms with Crippen LogP contribution in [-0.4, -0.2) is 36.0 Å². The lowest BCUT2D eigenvalue weighted by Gasteiger charge is -2.30. The van der Waals surface area contributed by atoms with Crippen molar-refractivity contribution < 1.29 is 13.6 Å². The number of likely N-dealkylation sites (tertiary alicyclic amines) is 1. The molecule has 2 unspecified atom stereocenters. The Bertz CT molecular complexity index is 555. The Morgan fingerprint density at radius 2 is 2.10 bits per heavy atom. The zero-order valence-corrected chi connectivity index (χ0v) is 12.2. The molecule has 2 heterocycles. The van der Waals surface area contributed by atoms with Crippen molar-refractivity contribution >= 4 is 5.91 Å². The van der Waals surface area contributed by atoms with Gasteiger partial charge in [0.15, 0.2) is 0 Å². The van der Waals surface area contributed by atoms with Crippen LogP contribution in [0.5, 0.6) is 0 Å². The molecule has 2 atom stereocenters. The van der Waals surface area contributed by atoms with Crippen molar-refractivity contribution in [3.05, 3.63) is 34.9 Å². The van der Waals surface area contributed by atoms with Gasteiger partial charge in [-0.2, -0.15) is 0 Å². The Labute approximate surface area is 123 Å². The highest BCUT2D eigenvalue weighted by atomic mass is 19.1. The third-order valence-corrected chi connectivity index (χ3v) is 4.62. The van der Waals surface area contributed by atoms with Gasteiger partial charge in [0.25, 0.3) is 5.91 Å². The molecule has 0 aromatic heterocycles. The zero-order valence-electron chi connectivity index (χ0n) is 12.2. The molecule has 1 N–H and O–H groups in total. The number of carbonyl (C=O) groups excluding carboxylic acids is 1. The molecular formula is C16H20F2N2O. The zero-order chi connectivity index (χ0) is 15.0. The van der Waals surface area contributed by atoms with Crippen molar-refractivity contribution in [2.24, 2.45) is 0 Å². The summed E-state index contributed by atoms with van der Waals surface area (Å²) in [6.07, 6.45) is 3.91. The second-order valence-corrected chi connectivity index (χ2v) is 5.96. The average molecular weight is 294 g/mol. The third-order valence-electron chi connectivity index (χ3n) is 4.62. The molecule has 0 spiro atoms. The van der Waals surface area contributed by atoms with Crippen LogP contribution in [0.25, 0.3) is 0 Å². The van der Waals surface area contributed by atoms with Gasteiger partial charge in [-0.25, -0.2) is 8.78 Å². The van der Waals surface area contributed by atoms with Crippen molar-refractivity contribution in [3.63, 3.8) is 0 Å². The minimum atomic E-state index is -0.770. The number of amides is 1. The molecule has 5 heteroatoms. The Kier molecular flexibility index (Phi) is 3.93. The van der Waals surface area contributed by atoms with E-state index in [0.29, 0.717) is 12.1 Å². The summed E-state index contributed by atoms with van der Waals surface area (Å²) < 4.78 is 28.1. The lowest BCUT2D eigenvalue weighted by atomic mass is 10.0. The Balaban J connectivity index is 1.89. The van der Waals surface area contributed by atoms with E-state index in [1.807, 2.05) is 0 Å². The maximum absolute atomic E-state index is 14.2. The molecule has 2 aliphatic rings. The summed E-state index contributed by atoms with van der Waals surface area (Å²) in [6, 6.07) is 2.85. The normalized spacial score (nSPS) is 25.6. The maximum Gasteiger partial charge on any atom is 0.260 e. The lowest BCUT2D eigenvalue weighted by molar-refractivity contribution is 0.0701. The molecule has 2 saturated heterocycles. The predicted octanol–water partition coefficient (Wildman–Crippen LogP) is 2.63. The van der Waals surface area contributed by atoms with Gasteiger partial charge < -0.3 is 10.2 Å².